The van der Waals surface area contributed by atoms with Gasteiger partial charge in [0.2, 0.25) is 5.91 Å². The second kappa shape index (κ2) is 5.01. The van der Waals surface area contributed by atoms with E-state index in [2.05, 4.69) is 16.0 Å². The molecule has 0 aliphatic carbocycles. The fraction of sp³-hybridized carbons (Fsp3) is 0.429. The minimum Gasteiger partial charge on any atom is -0.348 e. The molecule has 1 unspecified atom stereocenters. The van der Waals surface area contributed by atoms with Crippen molar-refractivity contribution in [3.8, 4) is 0 Å². The third-order valence-corrected chi connectivity index (χ3v) is 3.62. The van der Waals surface area contributed by atoms with Crippen molar-refractivity contribution < 1.29 is 9.59 Å². The van der Waals surface area contributed by atoms with Crippen molar-refractivity contribution in [3.63, 3.8) is 0 Å². The molecular formula is C14H17N3O2. The third kappa shape index (κ3) is 2.61. The van der Waals surface area contributed by atoms with Gasteiger partial charge in [-0.05, 0) is 43.1 Å². The van der Waals surface area contributed by atoms with E-state index in [1.54, 1.807) is 18.2 Å². The Kier molecular flexibility index (Phi) is 3.21. The van der Waals surface area contributed by atoms with Crippen LogP contribution in [0.15, 0.2) is 18.2 Å². The first kappa shape index (κ1) is 12.2. The second-order valence-electron chi connectivity index (χ2n) is 5.11. The molecule has 2 heterocycles. The average molecular weight is 259 g/mol. The molecule has 19 heavy (non-hydrogen) atoms. The lowest BCUT2D eigenvalue weighted by Crippen LogP contribution is -2.45. The van der Waals surface area contributed by atoms with Crippen LogP contribution >= 0.6 is 0 Å². The Bertz CT molecular complexity index is 521. The van der Waals surface area contributed by atoms with Crippen molar-refractivity contribution in [2.24, 2.45) is 0 Å². The number of benzene rings is 1. The number of amides is 2. The monoisotopic (exact) mass is 259 g/mol. The predicted molar refractivity (Wildman–Crippen MR) is 72.1 cm³/mol. The third-order valence-electron chi connectivity index (χ3n) is 3.62. The number of hydrogen-bond donors (Lipinski definition) is 3. The average Bonchev–Trinajstić information content (AvgIpc) is 2.78. The number of carbonyl (C=O) groups excluding carboxylic acids is 2. The van der Waals surface area contributed by atoms with E-state index < -0.39 is 0 Å². The zero-order chi connectivity index (χ0) is 13.2. The van der Waals surface area contributed by atoms with Gasteiger partial charge < -0.3 is 16.0 Å². The largest absolute Gasteiger partial charge is 0.348 e. The summed E-state index contributed by atoms with van der Waals surface area (Å²) in [5.74, 6) is -0.0695. The Labute approximate surface area is 111 Å². The van der Waals surface area contributed by atoms with Gasteiger partial charge in [0.05, 0.1) is 6.42 Å². The predicted octanol–water partition coefficient (Wildman–Crippen LogP) is 0.663. The van der Waals surface area contributed by atoms with E-state index in [1.807, 2.05) is 0 Å². The first-order chi connectivity index (χ1) is 9.22. The highest BCUT2D eigenvalue weighted by Gasteiger charge is 2.20. The summed E-state index contributed by atoms with van der Waals surface area (Å²) in [5.41, 5.74) is 2.35. The molecule has 5 heteroatoms. The van der Waals surface area contributed by atoms with Gasteiger partial charge in [-0.3, -0.25) is 9.59 Å². The highest BCUT2D eigenvalue weighted by Crippen LogP contribution is 2.23. The van der Waals surface area contributed by atoms with Crippen molar-refractivity contribution in [2.75, 3.05) is 18.4 Å². The van der Waals surface area contributed by atoms with Crippen molar-refractivity contribution >= 4 is 17.5 Å². The van der Waals surface area contributed by atoms with Gasteiger partial charge in [0.1, 0.15) is 0 Å². The number of hydrogen-bond acceptors (Lipinski definition) is 3. The first-order valence-corrected chi connectivity index (χ1v) is 6.67. The normalized spacial score (nSPS) is 21.7. The van der Waals surface area contributed by atoms with Gasteiger partial charge >= 0.3 is 0 Å². The first-order valence-electron chi connectivity index (χ1n) is 6.67. The molecule has 3 rings (SSSR count). The lowest BCUT2D eigenvalue weighted by Gasteiger charge is -2.23. The van der Waals surface area contributed by atoms with Crippen LogP contribution in [0, 0.1) is 0 Å². The molecule has 1 aromatic carbocycles. The SMILES string of the molecule is O=C1Cc2cc(C(=O)NC3CCCNC3)ccc2N1. The quantitative estimate of drug-likeness (QED) is 0.731. The van der Waals surface area contributed by atoms with Crippen LogP contribution in [0.4, 0.5) is 5.69 Å². The number of fused-ring (bicyclic) bond motifs is 1. The number of nitrogens with one attached hydrogen (secondary N) is 3. The van der Waals surface area contributed by atoms with E-state index in [9.17, 15) is 9.59 Å². The van der Waals surface area contributed by atoms with Gasteiger partial charge in [0.25, 0.3) is 5.91 Å². The molecule has 1 saturated heterocycles. The summed E-state index contributed by atoms with van der Waals surface area (Å²) < 4.78 is 0. The topological polar surface area (TPSA) is 70.2 Å². The van der Waals surface area contributed by atoms with Gasteiger partial charge in [-0.1, -0.05) is 0 Å². The Morgan fingerprint density at radius 1 is 1.37 bits per heavy atom. The maximum atomic E-state index is 12.2. The van der Waals surface area contributed by atoms with Crippen molar-refractivity contribution in [1.82, 2.24) is 10.6 Å². The van der Waals surface area contributed by atoms with E-state index in [0.29, 0.717) is 12.0 Å². The van der Waals surface area contributed by atoms with Crippen LogP contribution in [0.2, 0.25) is 0 Å². The lowest BCUT2D eigenvalue weighted by atomic mass is 10.1. The minimum absolute atomic E-state index is 0.0101. The van der Waals surface area contributed by atoms with Crippen molar-refractivity contribution in [3.05, 3.63) is 29.3 Å². The molecule has 2 amide bonds. The molecule has 0 saturated carbocycles. The summed E-state index contributed by atoms with van der Waals surface area (Å²) in [7, 11) is 0. The number of rotatable bonds is 2. The number of anilines is 1. The summed E-state index contributed by atoms with van der Waals surface area (Å²) in [5, 5.41) is 9.06. The summed E-state index contributed by atoms with van der Waals surface area (Å²) in [4.78, 5) is 23.4. The van der Waals surface area contributed by atoms with Crippen LogP contribution in [-0.2, 0) is 11.2 Å². The van der Waals surface area contributed by atoms with E-state index in [1.165, 1.54) is 0 Å². The highest BCUT2D eigenvalue weighted by atomic mass is 16.2. The van der Waals surface area contributed by atoms with Crippen LogP contribution in [0.1, 0.15) is 28.8 Å². The summed E-state index contributed by atoms with van der Waals surface area (Å²) in [6.45, 7) is 1.86. The Balaban J connectivity index is 1.70. The van der Waals surface area contributed by atoms with E-state index in [-0.39, 0.29) is 17.9 Å². The molecule has 5 nitrogen and oxygen atoms in total. The van der Waals surface area contributed by atoms with Gasteiger partial charge in [0.15, 0.2) is 0 Å². The van der Waals surface area contributed by atoms with Crippen LogP contribution in [-0.4, -0.2) is 30.9 Å². The molecule has 100 valence electrons. The maximum absolute atomic E-state index is 12.2. The Hall–Kier alpha value is -1.88. The molecule has 1 fully saturated rings. The number of carbonyl (C=O) groups is 2. The van der Waals surface area contributed by atoms with Gasteiger partial charge in [-0.15, -0.1) is 0 Å². The smallest absolute Gasteiger partial charge is 0.251 e. The zero-order valence-corrected chi connectivity index (χ0v) is 10.7. The molecule has 0 spiro atoms. The molecule has 2 aliphatic rings. The zero-order valence-electron chi connectivity index (χ0n) is 10.7. The van der Waals surface area contributed by atoms with Crippen LogP contribution in [0.5, 0.6) is 0 Å². The van der Waals surface area contributed by atoms with Gasteiger partial charge in [-0.2, -0.15) is 0 Å². The number of piperidine rings is 1. The molecule has 2 aliphatic heterocycles. The van der Waals surface area contributed by atoms with Gasteiger partial charge in [0, 0.05) is 23.8 Å². The Morgan fingerprint density at radius 2 is 2.26 bits per heavy atom. The highest BCUT2D eigenvalue weighted by molar-refractivity contribution is 6.01. The van der Waals surface area contributed by atoms with Crippen LogP contribution < -0.4 is 16.0 Å². The molecular weight excluding hydrogens is 242 g/mol. The van der Waals surface area contributed by atoms with Crippen LogP contribution in [0.25, 0.3) is 0 Å². The molecule has 3 N–H and O–H groups in total. The summed E-state index contributed by atoms with van der Waals surface area (Å²) in [6.07, 6.45) is 2.47. The molecule has 0 aromatic heterocycles. The fourth-order valence-electron chi connectivity index (χ4n) is 2.61. The second-order valence-corrected chi connectivity index (χ2v) is 5.11. The maximum Gasteiger partial charge on any atom is 0.251 e. The van der Waals surface area contributed by atoms with E-state index in [0.717, 1.165) is 37.2 Å². The molecule has 0 radical (unpaired) electrons. The summed E-state index contributed by atoms with van der Waals surface area (Å²) >= 11 is 0. The van der Waals surface area contributed by atoms with Gasteiger partial charge in [-0.25, -0.2) is 0 Å². The molecule has 1 atom stereocenters. The molecule has 1 aromatic rings. The fourth-order valence-corrected chi connectivity index (χ4v) is 2.61. The standard InChI is InChI=1S/C14H17N3O2/c18-13-7-10-6-9(3-4-12(10)17-13)14(19)16-11-2-1-5-15-8-11/h3-4,6,11,15H,1-2,5,7-8H2,(H,16,19)(H,17,18). The van der Waals surface area contributed by atoms with E-state index in [4.69, 9.17) is 0 Å². The summed E-state index contributed by atoms with van der Waals surface area (Å²) in [6, 6.07) is 5.57. The van der Waals surface area contributed by atoms with E-state index >= 15 is 0 Å². The Morgan fingerprint density at radius 3 is 3.05 bits per heavy atom. The lowest BCUT2D eigenvalue weighted by molar-refractivity contribution is -0.115. The van der Waals surface area contributed by atoms with Crippen LogP contribution in [0.3, 0.4) is 0 Å². The van der Waals surface area contributed by atoms with Crippen molar-refractivity contribution in [2.45, 2.75) is 25.3 Å². The molecule has 0 bridgehead atoms. The van der Waals surface area contributed by atoms with Crippen molar-refractivity contribution in [1.29, 1.82) is 0 Å². The minimum atomic E-state index is -0.0594.